The Balaban J connectivity index is 0.000000360. The molecule has 2 aromatic heterocycles. The maximum atomic E-state index is 10.6. The molecule has 0 amide bonds. The summed E-state index contributed by atoms with van der Waals surface area (Å²) < 4.78 is 45.7. The Bertz CT molecular complexity index is 881. The van der Waals surface area contributed by atoms with Crippen molar-refractivity contribution in [1.82, 2.24) is 24.6 Å². The van der Waals surface area contributed by atoms with Crippen LogP contribution in [0, 0.1) is 0 Å². The third-order valence-electron chi connectivity index (χ3n) is 4.92. The van der Waals surface area contributed by atoms with E-state index in [1.54, 1.807) is 12.4 Å². The van der Waals surface area contributed by atoms with Crippen molar-refractivity contribution < 1.29 is 32.5 Å². The van der Waals surface area contributed by atoms with E-state index in [2.05, 4.69) is 31.1 Å². The summed E-state index contributed by atoms with van der Waals surface area (Å²) in [6.45, 7) is 6.09. The van der Waals surface area contributed by atoms with E-state index in [0.717, 1.165) is 38.7 Å². The predicted molar refractivity (Wildman–Crippen MR) is 106 cm³/mol. The molecule has 2 aromatic rings. The van der Waals surface area contributed by atoms with Crippen molar-refractivity contribution in [1.29, 1.82) is 0 Å². The second-order valence-electron chi connectivity index (χ2n) is 7.59. The van der Waals surface area contributed by atoms with E-state index in [-0.39, 0.29) is 5.60 Å². The van der Waals surface area contributed by atoms with Crippen LogP contribution in [0.1, 0.15) is 5.56 Å². The van der Waals surface area contributed by atoms with Crippen molar-refractivity contribution in [3.63, 3.8) is 0 Å². The van der Waals surface area contributed by atoms with Crippen LogP contribution in [-0.2, 0) is 27.9 Å². The number of halogens is 3. The topological polar surface area (TPSA) is 106 Å². The summed E-state index contributed by atoms with van der Waals surface area (Å²) in [5.41, 5.74) is 0.869. The standard InChI is InChI=1S/C17H24N6O2.C2HF3O2/c1-21-10-15(9-20-21)11-22-5-8-25-17(12-22)13-23(6-7-24-14-17)16-18-3-2-4-19-16;3-2(4,5)1(6)7/h2-4,9-10H,5-8,11-14H2,1H3;(H,6,7). The van der Waals surface area contributed by atoms with Gasteiger partial charge in [-0.25, -0.2) is 14.8 Å². The quantitative estimate of drug-likeness (QED) is 0.720. The summed E-state index contributed by atoms with van der Waals surface area (Å²) in [6.07, 6.45) is 2.46. The average Bonchev–Trinajstić information content (AvgIpc) is 3.04. The Morgan fingerprint density at radius 2 is 1.94 bits per heavy atom. The van der Waals surface area contributed by atoms with Crippen LogP contribution in [0.3, 0.4) is 0 Å². The number of ether oxygens (including phenoxy) is 2. The van der Waals surface area contributed by atoms with Gasteiger partial charge < -0.3 is 19.5 Å². The van der Waals surface area contributed by atoms with E-state index in [1.165, 1.54) is 5.56 Å². The van der Waals surface area contributed by atoms with Gasteiger partial charge in [0.2, 0.25) is 5.95 Å². The molecule has 0 bridgehead atoms. The van der Waals surface area contributed by atoms with Gasteiger partial charge in [0.1, 0.15) is 5.60 Å². The molecular formula is C19H25F3N6O4. The Morgan fingerprint density at radius 1 is 1.22 bits per heavy atom. The third-order valence-corrected chi connectivity index (χ3v) is 4.92. The molecule has 1 spiro atoms. The Morgan fingerprint density at radius 3 is 2.56 bits per heavy atom. The lowest BCUT2D eigenvalue weighted by molar-refractivity contribution is -0.192. The normalized spacial score (nSPS) is 22.2. The number of rotatable bonds is 3. The molecular weight excluding hydrogens is 433 g/mol. The van der Waals surface area contributed by atoms with Gasteiger partial charge in [0.15, 0.2) is 0 Å². The zero-order chi connectivity index (χ0) is 23.2. The number of aryl methyl sites for hydroxylation is 1. The van der Waals surface area contributed by atoms with Gasteiger partial charge in [-0.3, -0.25) is 9.58 Å². The second-order valence-corrected chi connectivity index (χ2v) is 7.59. The lowest BCUT2D eigenvalue weighted by Crippen LogP contribution is -2.58. The minimum absolute atomic E-state index is 0.351. The van der Waals surface area contributed by atoms with Crippen molar-refractivity contribution in [3.8, 4) is 0 Å². The molecule has 0 radical (unpaired) electrons. The van der Waals surface area contributed by atoms with Gasteiger partial charge in [0, 0.05) is 57.4 Å². The number of carbonyl (C=O) groups is 1. The van der Waals surface area contributed by atoms with Crippen LogP contribution < -0.4 is 4.90 Å². The molecule has 4 heterocycles. The molecule has 0 aromatic carbocycles. The number of carboxylic acids is 1. The summed E-state index contributed by atoms with van der Waals surface area (Å²) in [5, 5.41) is 11.4. The Kier molecular flexibility index (Phi) is 7.64. The predicted octanol–water partition coefficient (Wildman–Crippen LogP) is 0.951. The van der Waals surface area contributed by atoms with E-state index in [9.17, 15) is 13.2 Å². The summed E-state index contributed by atoms with van der Waals surface area (Å²) in [6, 6.07) is 1.83. The maximum absolute atomic E-state index is 10.6. The molecule has 4 rings (SSSR count). The molecule has 2 fully saturated rings. The molecule has 176 valence electrons. The minimum atomic E-state index is -5.08. The summed E-state index contributed by atoms with van der Waals surface area (Å²) in [4.78, 5) is 22.3. The summed E-state index contributed by atoms with van der Waals surface area (Å²) in [5.74, 6) is -2.02. The average molecular weight is 458 g/mol. The van der Waals surface area contributed by atoms with Crippen LogP contribution in [0.2, 0.25) is 0 Å². The second kappa shape index (κ2) is 10.2. The van der Waals surface area contributed by atoms with Crippen LogP contribution in [0.25, 0.3) is 0 Å². The highest BCUT2D eigenvalue weighted by Crippen LogP contribution is 2.25. The van der Waals surface area contributed by atoms with Crippen LogP contribution in [0.15, 0.2) is 30.9 Å². The number of carboxylic acid groups (broad SMARTS) is 1. The van der Waals surface area contributed by atoms with Crippen LogP contribution in [0.5, 0.6) is 0 Å². The highest BCUT2D eigenvalue weighted by atomic mass is 19.4. The number of anilines is 1. The van der Waals surface area contributed by atoms with Gasteiger partial charge in [-0.1, -0.05) is 0 Å². The minimum Gasteiger partial charge on any atom is -0.475 e. The fraction of sp³-hybridized carbons (Fsp3) is 0.579. The zero-order valence-electron chi connectivity index (χ0n) is 17.5. The summed E-state index contributed by atoms with van der Waals surface area (Å²) in [7, 11) is 1.95. The van der Waals surface area contributed by atoms with Gasteiger partial charge >= 0.3 is 12.1 Å². The maximum Gasteiger partial charge on any atom is 0.490 e. The molecule has 10 nitrogen and oxygen atoms in total. The SMILES string of the molecule is Cn1cc(CN2CCOC3(COCCN(c4ncccn4)C3)C2)cn1.O=C(O)C(F)(F)F. The highest BCUT2D eigenvalue weighted by Gasteiger charge is 2.41. The van der Waals surface area contributed by atoms with E-state index in [4.69, 9.17) is 19.4 Å². The lowest BCUT2D eigenvalue weighted by Gasteiger charge is -2.43. The fourth-order valence-corrected chi connectivity index (χ4v) is 3.58. The van der Waals surface area contributed by atoms with Crippen molar-refractivity contribution in [2.24, 2.45) is 7.05 Å². The molecule has 32 heavy (non-hydrogen) atoms. The molecule has 2 aliphatic heterocycles. The first-order valence-electron chi connectivity index (χ1n) is 9.91. The van der Waals surface area contributed by atoms with Crippen LogP contribution in [-0.4, -0.2) is 93.5 Å². The molecule has 13 heteroatoms. The van der Waals surface area contributed by atoms with Gasteiger partial charge in [0.05, 0.1) is 32.6 Å². The van der Waals surface area contributed by atoms with Gasteiger partial charge in [-0.05, 0) is 6.07 Å². The summed E-state index contributed by atoms with van der Waals surface area (Å²) >= 11 is 0. The van der Waals surface area contributed by atoms with Crippen molar-refractivity contribution in [2.45, 2.75) is 18.3 Å². The van der Waals surface area contributed by atoms with Crippen molar-refractivity contribution in [3.05, 3.63) is 36.4 Å². The van der Waals surface area contributed by atoms with Gasteiger partial charge in [0.25, 0.3) is 0 Å². The number of nitrogens with zero attached hydrogens (tertiary/aromatic N) is 6. The first-order valence-corrected chi connectivity index (χ1v) is 9.91. The van der Waals surface area contributed by atoms with Crippen molar-refractivity contribution in [2.75, 3.05) is 50.9 Å². The molecule has 1 unspecified atom stereocenters. The number of aromatic nitrogens is 4. The van der Waals surface area contributed by atoms with Gasteiger partial charge in [-0.15, -0.1) is 0 Å². The number of alkyl halides is 3. The first kappa shape index (κ1) is 23.9. The van der Waals surface area contributed by atoms with E-state index in [1.807, 2.05) is 24.0 Å². The fourth-order valence-electron chi connectivity index (χ4n) is 3.58. The Labute approximate surface area is 182 Å². The monoisotopic (exact) mass is 458 g/mol. The van der Waals surface area contributed by atoms with E-state index in [0.29, 0.717) is 19.8 Å². The highest BCUT2D eigenvalue weighted by molar-refractivity contribution is 5.73. The molecule has 2 saturated heterocycles. The zero-order valence-corrected chi connectivity index (χ0v) is 17.5. The van der Waals surface area contributed by atoms with E-state index < -0.39 is 12.1 Å². The van der Waals surface area contributed by atoms with E-state index >= 15 is 0 Å². The largest absolute Gasteiger partial charge is 0.490 e. The molecule has 1 atom stereocenters. The van der Waals surface area contributed by atoms with Gasteiger partial charge in [-0.2, -0.15) is 18.3 Å². The lowest BCUT2D eigenvalue weighted by atomic mass is 10.0. The smallest absolute Gasteiger partial charge is 0.475 e. The van der Waals surface area contributed by atoms with Crippen molar-refractivity contribution >= 4 is 11.9 Å². The third kappa shape index (κ3) is 6.61. The Hall–Kier alpha value is -2.77. The first-order chi connectivity index (χ1) is 15.2. The molecule has 0 saturated carbocycles. The number of morpholine rings is 1. The molecule has 1 N–H and O–H groups in total. The van der Waals surface area contributed by atoms with Crippen LogP contribution in [0.4, 0.5) is 19.1 Å². The molecule has 2 aliphatic rings. The number of aliphatic carboxylic acids is 1. The molecule has 0 aliphatic carbocycles. The number of hydrogen-bond acceptors (Lipinski definition) is 8. The van der Waals surface area contributed by atoms with Crippen LogP contribution >= 0.6 is 0 Å². The number of hydrogen-bond donors (Lipinski definition) is 1.